The summed E-state index contributed by atoms with van der Waals surface area (Å²) in [6.07, 6.45) is 1.09. The van der Waals surface area contributed by atoms with E-state index in [4.69, 9.17) is 17.0 Å². The van der Waals surface area contributed by atoms with Gasteiger partial charge in [-0.2, -0.15) is 0 Å². The van der Waals surface area contributed by atoms with Crippen molar-refractivity contribution < 1.29 is 4.74 Å². The molecule has 0 aromatic rings. The molecule has 0 fully saturated rings. The Kier molecular flexibility index (Phi) is 9.40. The zero-order valence-corrected chi connectivity index (χ0v) is 12.6. The molecule has 1 unspecified atom stereocenters. The largest absolute Gasteiger partial charge is 0.383 e. The van der Waals surface area contributed by atoms with Gasteiger partial charge in [-0.15, -0.1) is 0 Å². The Hall–Kier alpha value is -0.390. The average molecular weight is 261 g/mol. The van der Waals surface area contributed by atoms with Gasteiger partial charge in [0.1, 0.15) is 0 Å². The molecular formula is C12H27N3OS. The SMILES string of the molecule is COCC(C)NC(=S)NCCCN(C)C(C)C. The first-order chi connectivity index (χ1) is 7.97. The van der Waals surface area contributed by atoms with Crippen molar-refractivity contribution in [1.29, 1.82) is 0 Å². The standard InChI is InChI=1S/C12H27N3OS/c1-10(2)15(4)8-6-7-13-12(17)14-11(3)9-16-5/h10-11H,6-9H2,1-5H3,(H2,13,14,17). The van der Waals surface area contributed by atoms with E-state index in [1.165, 1.54) is 0 Å². The Bertz CT molecular complexity index is 212. The van der Waals surface area contributed by atoms with Crippen molar-refractivity contribution in [1.82, 2.24) is 15.5 Å². The summed E-state index contributed by atoms with van der Waals surface area (Å²) in [6, 6.07) is 0.847. The lowest BCUT2D eigenvalue weighted by Crippen LogP contribution is -2.43. The van der Waals surface area contributed by atoms with E-state index in [0.717, 1.165) is 19.5 Å². The molecular weight excluding hydrogens is 234 g/mol. The van der Waals surface area contributed by atoms with Crippen molar-refractivity contribution in [3.05, 3.63) is 0 Å². The molecule has 102 valence electrons. The minimum atomic E-state index is 0.248. The number of methoxy groups -OCH3 is 1. The van der Waals surface area contributed by atoms with Crippen molar-refractivity contribution in [2.45, 2.75) is 39.3 Å². The first-order valence-electron chi connectivity index (χ1n) is 6.21. The van der Waals surface area contributed by atoms with Crippen molar-refractivity contribution in [2.75, 3.05) is 33.9 Å². The molecule has 2 N–H and O–H groups in total. The third-order valence-corrected chi connectivity index (χ3v) is 2.91. The summed E-state index contributed by atoms with van der Waals surface area (Å²) in [5.74, 6) is 0. The molecule has 0 heterocycles. The van der Waals surface area contributed by atoms with Crippen LogP contribution in [0.3, 0.4) is 0 Å². The zero-order chi connectivity index (χ0) is 13.3. The fraction of sp³-hybridized carbons (Fsp3) is 0.917. The van der Waals surface area contributed by atoms with Crippen molar-refractivity contribution in [3.63, 3.8) is 0 Å². The summed E-state index contributed by atoms with van der Waals surface area (Å²) in [7, 11) is 3.83. The Labute approximate surface area is 111 Å². The molecule has 0 rings (SSSR count). The molecule has 5 heteroatoms. The van der Waals surface area contributed by atoms with E-state index in [1.807, 2.05) is 6.92 Å². The quantitative estimate of drug-likeness (QED) is 0.507. The number of nitrogens with one attached hydrogen (secondary N) is 2. The topological polar surface area (TPSA) is 36.5 Å². The van der Waals surface area contributed by atoms with Gasteiger partial charge in [-0.05, 0) is 53.0 Å². The van der Waals surface area contributed by atoms with Crippen LogP contribution in [0.15, 0.2) is 0 Å². The molecule has 0 spiro atoms. The molecule has 0 aromatic carbocycles. The first kappa shape index (κ1) is 16.6. The van der Waals surface area contributed by atoms with E-state index in [-0.39, 0.29) is 6.04 Å². The predicted octanol–water partition coefficient (Wildman–Crippen LogP) is 1.22. The van der Waals surface area contributed by atoms with E-state index >= 15 is 0 Å². The van der Waals surface area contributed by atoms with Crippen LogP contribution in [0.5, 0.6) is 0 Å². The van der Waals surface area contributed by atoms with Crippen LogP contribution in [0.1, 0.15) is 27.2 Å². The molecule has 1 atom stereocenters. The van der Waals surface area contributed by atoms with Gasteiger partial charge in [0, 0.05) is 25.7 Å². The minimum Gasteiger partial charge on any atom is -0.383 e. The molecule has 0 aromatic heterocycles. The maximum absolute atomic E-state index is 5.18. The van der Waals surface area contributed by atoms with E-state index in [0.29, 0.717) is 17.8 Å². The summed E-state index contributed by atoms with van der Waals surface area (Å²) in [6.45, 7) is 9.10. The van der Waals surface area contributed by atoms with Crippen molar-refractivity contribution in [2.24, 2.45) is 0 Å². The highest BCUT2D eigenvalue weighted by atomic mass is 32.1. The molecule has 4 nitrogen and oxygen atoms in total. The molecule has 0 saturated heterocycles. The zero-order valence-electron chi connectivity index (χ0n) is 11.7. The highest BCUT2D eigenvalue weighted by molar-refractivity contribution is 7.80. The van der Waals surface area contributed by atoms with E-state index < -0.39 is 0 Å². The minimum absolute atomic E-state index is 0.248. The van der Waals surface area contributed by atoms with Crippen LogP contribution in [-0.4, -0.2) is 55.9 Å². The molecule has 0 saturated carbocycles. The van der Waals surface area contributed by atoms with Gasteiger partial charge in [-0.25, -0.2) is 0 Å². The number of rotatable bonds is 8. The predicted molar refractivity (Wildman–Crippen MR) is 77.5 cm³/mol. The second-order valence-electron chi connectivity index (χ2n) is 4.68. The Morgan fingerprint density at radius 1 is 1.35 bits per heavy atom. The van der Waals surface area contributed by atoms with Crippen molar-refractivity contribution >= 4 is 17.3 Å². The lowest BCUT2D eigenvalue weighted by molar-refractivity contribution is 0.179. The fourth-order valence-electron chi connectivity index (χ4n) is 1.36. The van der Waals surface area contributed by atoms with Gasteiger partial charge in [-0.1, -0.05) is 0 Å². The van der Waals surface area contributed by atoms with Crippen LogP contribution < -0.4 is 10.6 Å². The highest BCUT2D eigenvalue weighted by Crippen LogP contribution is 1.94. The third kappa shape index (κ3) is 9.32. The van der Waals surface area contributed by atoms with Gasteiger partial charge in [0.25, 0.3) is 0 Å². The fourth-order valence-corrected chi connectivity index (χ4v) is 1.66. The van der Waals surface area contributed by atoms with E-state index in [2.05, 4.69) is 36.4 Å². The summed E-state index contributed by atoms with van der Waals surface area (Å²) < 4.78 is 5.03. The second kappa shape index (κ2) is 9.62. The molecule has 0 bridgehead atoms. The van der Waals surface area contributed by atoms with Crippen LogP contribution in [0.25, 0.3) is 0 Å². The van der Waals surface area contributed by atoms with E-state index in [9.17, 15) is 0 Å². The number of hydrogen-bond donors (Lipinski definition) is 2. The molecule has 0 amide bonds. The summed E-state index contributed by atoms with van der Waals surface area (Å²) in [5, 5.41) is 7.09. The molecule has 0 aliphatic rings. The maximum Gasteiger partial charge on any atom is 0.166 e. The van der Waals surface area contributed by atoms with Gasteiger partial charge in [0.15, 0.2) is 5.11 Å². The molecule has 0 aliphatic heterocycles. The van der Waals surface area contributed by atoms with Crippen LogP contribution in [0, 0.1) is 0 Å². The van der Waals surface area contributed by atoms with Gasteiger partial charge in [-0.3, -0.25) is 0 Å². The Morgan fingerprint density at radius 2 is 2.00 bits per heavy atom. The molecule has 0 aliphatic carbocycles. The monoisotopic (exact) mass is 261 g/mol. The summed E-state index contributed by atoms with van der Waals surface area (Å²) in [5.41, 5.74) is 0. The maximum atomic E-state index is 5.18. The Morgan fingerprint density at radius 3 is 2.53 bits per heavy atom. The molecule has 0 radical (unpaired) electrons. The summed E-state index contributed by atoms with van der Waals surface area (Å²) >= 11 is 5.18. The normalized spacial score (nSPS) is 12.9. The second-order valence-corrected chi connectivity index (χ2v) is 5.09. The smallest absolute Gasteiger partial charge is 0.166 e. The highest BCUT2D eigenvalue weighted by Gasteiger charge is 2.04. The van der Waals surface area contributed by atoms with Crippen LogP contribution in [0.4, 0.5) is 0 Å². The van der Waals surface area contributed by atoms with Gasteiger partial charge in [0.2, 0.25) is 0 Å². The number of hydrogen-bond acceptors (Lipinski definition) is 3. The number of nitrogens with zero attached hydrogens (tertiary/aromatic N) is 1. The average Bonchev–Trinajstić information content (AvgIpc) is 2.24. The van der Waals surface area contributed by atoms with Crippen molar-refractivity contribution in [3.8, 4) is 0 Å². The van der Waals surface area contributed by atoms with Gasteiger partial charge in [0.05, 0.1) is 6.61 Å². The number of thiocarbonyl (C=S) groups is 1. The van der Waals surface area contributed by atoms with Crippen LogP contribution in [0.2, 0.25) is 0 Å². The summed E-state index contributed by atoms with van der Waals surface area (Å²) in [4.78, 5) is 2.33. The van der Waals surface area contributed by atoms with Crippen LogP contribution in [-0.2, 0) is 4.74 Å². The Balaban J connectivity index is 3.51. The van der Waals surface area contributed by atoms with Crippen LogP contribution >= 0.6 is 12.2 Å². The third-order valence-electron chi connectivity index (χ3n) is 2.65. The van der Waals surface area contributed by atoms with Gasteiger partial charge < -0.3 is 20.3 Å². The first-order valence-corrected chi connectivity index (χ1v) is 6.61. The molecule has 17 heavy (non-hydrogen) atoms. The lowest BCUT2D eigenvalue weighted by atomic mass is 10.3. The van der Waals surface area contributed by atoms with E-state index in [1.54, 1.807) is 7.11 Å². The lowest BCUT2D eigenvalue weighted by Gasteiger charge is -2.21. The number of ether oxygens (including phenoxy) is 1. The van der Waals surface area contributed by atoms with Gasteiger partial charge >= 0.3 is 0 Å².